The molecule has 9 heteroatoms. The van der Waals surface area contributed by atoms with Gasteiger partial charge in [0.1, 0.15) is 0 Å². The molecule has 2 unspecified atom stereocenters. The molecule has 0 saturated heterocycles. The molecule has 0 spiro atoms. The van der Waals surface area contributed by atoms with Crippen LogP contribution in [0.4, 0.5) is 4.70 Å². The second-order valence-corrected chi connectivity index (χ2v) is 8.03. The molecular formula is C25H45FNNaO6. The molecule has 1 rings (SSSR count). The summed E-state index contributed by atoms with van der Waals surface area (Å²) in [6.45, 7) is 2.39. The van der Waals surface area contributed by atoms with E-state index in [0.29, 0.717) is 6.42 Å². The van der Waals surface area contributed by atoms with Crippen molar-refractivity contribution >= 4 is 11.9 Å². The molecule has 0 saturated carbocycles. The number of nitrogens with zero attached hydrogens (tertiary/aromatic N) is 1. The van der Waals surface area contributed by atoms with Crippen molar-refractivity contribution in [3.8, 4) is 0 Å². The number of hydrogen-bond donors (Lipinski definition) is 3. The van der Waals surface area contributed by atoms with Gasteiger partial charge in [-0.15, -0.1) is 0 Å². The predicted octanol–water partition coefficient (Wildman–Crippen LogP) is 2.73. The van der Waals surface area contributed by atoms with Crippen LogP contribution in [0.1, 0.15) is 98.2 Å². The topological polar surface area (TPSA) is 117 Å². The third-order valence-electron chi connectivity index (χ3n) is 5.14. The standard InChI is InChI=1S/C20H38O6.C5H5N.FH.Na.H/c1-2-3-4-5-6-7-8-9-10-11-12-13-14-15-16-26-18(20(24)25)17(21)19(22)23;1-2-4-6-5-3-1;;;/h17-18,21H,2-16H2,1H3,(H,22,23)(H,24,25);1-5H;1H;;/q;;;+1;-1. The van der Waals surface area contributed by atoms with Gasteiger partial charge in [0.05, 0.1) is 0 Å². The molecule has 2 atom stereocenters. The van der Waals surface area contributed by atoms with Gasteiger partial charge in [-0.3, -0.25) is 9.69 Å². The van der Waals surface area contributed by atoms with Gasteiger partial charge in [0.2, 0.25) is 0 Å². The number of carbonyl (C=O) groups is 2. The maximum atomic E-state index is 10.9. The molecule has 1 aromatic heterocycles. The summed E-state index contributed by atoms with van der Waals surface area (Å²) in [5.74, 6) is -3.04. The summed E-state index contributed by atoms with van der Waals surface area (Å²) in [5.41, 5.74) is 0. The fourth-order valence-electron chi connectivity index (χ4n) is 3.25. The SMILES string of the molecule is CCCCCCCCCCCCCCCCOC(C(=O)O)C(O)C(=O)O.F.[H-].[Na+].c1ccncc1. The van der Waals surface area contributed by atoms with Crippen molar-refractivity contribution in [3.05, 3.63) is 30.6 Å². The summed E-state index contributed by atoms with van der Waals surface area (Å²) in [4.78, 5) is 25.3. The number of rotatable bonds is 19. The first kappa shape index (κ1) is 37.5. The molecule has 7 nitrogen and oxygen atoms in total. The van der Waals surface area contributed by atoms with E-state index in [2.05, 4.69) is 11.9 Å². The van der Waals surface area contributed by atoms with Gasteiger partial charge < -0.3 is 21.5 Å². The Bertz CT molecular complexity index is 547. The molecule has 0 radical (unpaired) electrons. The number of ether oxygens (including phenoxy) is 1. The summed E-state index contributed by atoms with van der Waals surface area (Å²) in [6.07, 6.45) is 16.9. The maximum Gasteiger partial charge on any atom is 1.00 e. The Morgan fingerprint density at radius 2 is 1.18 bits per heavy atom. The van der Waals surface area contributed by atoms with Crippen molar-refractivity contribution in [1.29, 1.82) is 0 Å². The van der Waals surface area contributed by atoms with Gasteiger partial charge in [-0.2, -0.15) is 0 Å². The molecule has 0 aromatic carbocycles. The number of aliphatic hydroxyl groups excluding tert-OH is 1. The smallest absolute Gasteiger partial charge is 1.00 e. The Morgan fingerprint density at radius 1 is 0.765 bits per heavy atom. The Morgan fingerprint density at radius 3 is 1.47 bits per heavy atom. The van der Waals surface area contributed by atoms with Crippen molar-refractivity contribution in [2.75, 3.05) is 6.61 Å². The van der Waals surface area contributed by atoms with Gasteiger partial charge in [-0.1, -0.05) is 96.5 Å². The molecule has 1 heterocycles. The molecule has 0 amide bonds. The minimum atomic E-state index is -2.03. The van der Waals surface area contributed by atoms with Crippen LogP contribution in [-0.4, -0.2) is 51.1 Å². The van der Waals surface area contributed by atoms with Gasteiger partial charge >= 0.3 is 41.5 Å². The first-order valence-electron chi connectivity index (χ1n) is 12.1. The van der Waals surface area contributed by atoms with Gasteiger partial charge in [0, 0.05) is 19.0 Å². The van der Waals surface area contributed by atoms with Gasteiger partial charge in [0.15, 0.2) is 12.2 Å². The Balaban J connectivity index is -0.000000463. The largest absolute Gasteiger partial charge is 1.00 e. The van der Waals surface area contributed by atoms with E-state index in [1.807, 2.05) is 18.2 Å². The van der Waals surface area contributed by atoms with Crippen molar-refractivity contribution in [1.82, 2.24) is 4.98 Å². The van der Waals surface area contributed by atoms with E-state index in [0.717, 1.165) is 19.3 Å². The van der Waals surface area contributed by atoms with Crippen molar-refractivity contribution < 1.29 is 65.3 Å². The van der Waals surface area contributed by atoms with Crippen molar-refractivity contribution in [2.45, 2.75) is 109 Å². The van der Waals surface area contributed by atoms with Crippen LogP contribution in [-0.2, 0) is 14.3 Å². The summed E-state index contributed by atoms with van der Waals surface area (Å²) < 4.78 is 5.00. The van der Waals surface area contributed by atoms with E-state index in [-0.39, 0.29) is 42.3 Å². The molecule has 0 bridgehead atoms. The Labute approximate surface area is 227 Å². The number of pyridine rings is 1. The molecule has 1 aromatic rings. The quantitative estimate of drug-likeness (QED) is 0.199. The first-order chi connectivity index (χ1) is 15.5. The van der Waals surface area contributed by atoms with E-state index < -0.39 is 24.1 Å². The van der Waals surface area contributed by atoms with Crippen molar-refractivity contribution in [2.24, 2.45) is 0 Å². The average molecular weight is 498 g/mol. The normalized spacial score (nSPS) is 11.7. The Kier molecular flexibility index (Phi) is 31.1. The first-order valence-corrected chi connectivity index (χ1v) is 12.1. The van der Waals surface area contributed by atoms with Crippen LogP contribution in [0, 0.1) is 0 Å². The molecule has 194 valence electrons. The van der Waals surface area contributed by atoms with Gasteiger partial charge in [-0.25, -0.2) is 9.59 Å². The number of aliphatic hydroxyl groups is 1. The maximum absolute atomic E-state index is 10.9. The zero-order valence-corrected chi connectivity index (χ0v) is 23.1. The fourth-order valence-corrected chi connectivity index (χ4v) is 3.25. The second-order valence-electron chi connectivity index (χ2n) is 8.03. The van der Waals surface area contributed by atoms with Crippen molar-refractivity contribution in [3.63, 3.8) is 0 Å². The zero-order chi connectivity index (χ0) is 23.9. The van der Waals surface area contributed by atoms with E-state index in [4.69, 9.17) is 14.9 Å². The molecule has 3 N–H and O–H groups in total. The second kappa shape index (κ2) is 28.2. The van der Waals surface area contributed by atoms with Crippen LogP contribution in [0.25, 0.3) is 0 Å². The number of halogens is 1. The van der Waals surface area contributed by atoms with Crippen LogP contribution in [0.15, 0.2) is 30.6 Å². The Hall–Kier alpha value is -1.06. The van der Waals surface area contributed by atoms with E-state index >= 15 is 0 Å². The predicted molar refractivity (Wildman–Crippen MR) is 129 cm³/mol. The monoisotopic (exact) mass is 497 g/mol. The zero-order valence-electron chi connectivity index (χ0n) is 22.1. The number of carboxylic acids is 2. The van der Waals surface area contributed by atoms with Crippen LogP contribution in [0.3, 0.4) is 0 Å². The van der Waals surface area contributed by atoms with E-state index in [1.54, 1.807) is 12.4 Å². The summed E-state index contributed by atoms with van der Waals surface area (Å²) in [5, 5.41) is 26.8. The number of aliphatic carboxylic acids is 2. The fraction of sp³-hybridized carbons (Fsp3) is 0.720. The minimum Gasteiger partial charge on any atom is -1.00 e. The summed E-state index contributed by atoms with van der Waals surface area (Å²) in [6, 6.07) is 5.72. The molecule has 0 fully saturated rings. The van der Waals surface area contributed by atoms with Crippen LogP contribution >= 0.6 is 0 Å². The molecule has 0 aliphatic rings. The number of hydrogen-bond acceptors (Lipinski definition) is 5. The molecular weight excluding hydrogens is 452 g/mol. The number of carboxylic acid groups (broad SMARTS) is 2. The van der Waals surface area contributed by atoms with Crippen LogP contribution in [0.5, 0.6) is 0 Å². The average Bonchev–Trinajstić information content (AvgIpc) is 2.79. The van der Waals surface area contributed by atoms with Crippen LogP contribution < -0.4 is 29.6 Å². The summed E-state index contributed by atoms with van der Waals surface area (Å²) in [7, 11) is 0. The minimum absolute atomic E-state index is 0. The molecule has 34 heavy (non-hydrogen) atoms. The number of unbranched alkanes of at least 4 members (excludes halogenated alkanes) is 13. The molecule has 0 aliphatic heterocycles. The van der Waals surface area contributed by atoms with Gasteiger partial charge in [-0.05, 0) is 18.6 Å². The van der Waals surface area contributed by atoms with Gasteiger partial charge in [0.25, 0.3) is 0 Å². The van der Waals surface area contributed by atoms with E-state index in [1.165, 1.54) is 64.2 Å². The third-order valence-corrected chi connectivity index (χ3v) is 5.14. The van der Waals surface area contributed by atoms with Crippen LogP contribution in [0.2, 0.25) is 0 Å². The van der Waals surface area contributed by atoms with E-state index in [9.17, 15) is 14.7 Å². The third kappa shape index (κ3) is 24.1. The number of aromatic nitrogens is 1. The molecule has 0 aliphatic carbocycles. The summed E-state index contributed by atoms with van der Waals surface area (Å²) >= 11 is 0.